The van der Waals surface area contributed by atoms with Gasteiger partial charge in [0.2, 0.25) is 0 Å². The second-order valence-electron chi connectivity index (χ2n) is 4.12. The number of rotatable bonds is 5. The van der Waals surface area contributed by atoms with Crippen molar-refractivity contribution in [2.45, 2.75) is 19.8 Å². The number of imidazole rings is 1. The monoisotopic (exact) mass is 233 g/mol. The summed E-state index contributed by atoms with van der Waals surface area (Å²) in [7, 11) is 2.02. The smallest absolute Gasteiger partial charge is 0.121 e. The van der Waals surface area contributed by atoms with E-state index in [2.05, 4.69) is 16.5 Å². The number of aromatic nitrogens is 2. The maximum atomic E-state index is 5.60. The predicted molar refractivity (Wildman–Crippen MR) is 69.3 cm³/mol. The summed E-state index contributed by atoms with van der Waals surface area (Å²) in [5, 5.41) is 0. The van der Waals surface area contributed by atoms with Gasteiger partial charge in [-0.15, -0.1) is 0 Å². The second kappa shape index (κ2) is 5.19. The van der Waals surface area contributed by atoms with E-state index in [1.165, 1.54) is 0 Å². The van der Waals surface area contributed by atoms with Crippen molar-refractivity contribution in [2.24, 2.45) is 12.8 Å². The van der Waals surface area contributed by atoms with Crippen LogP contribution in [0.5, 0.6) is 5.75 Å². The molecule has 4 nitrogen and oxygen atoms in total. The lowest BCUT2D eigenvalue weighted by Gasteiger charge is -2.04. The quantitative estimate of drug-likeness (QED) is 0.857. The summed E-state index contributed by atoms with van der Waals surface area (Å²) in [6, 6.07) is 6.03. The molecule has 92 valence electrons. The third-order valence-electron chi connectivity index (χ3n) is 2.79. The molecule has 0 radical (unpaired) electrons. The molecule has 17 heavy (non-hydrogen) atoms. The molecule has 1 aromatic heterocycles. The number of nitrogens with zero attached hydrogens (tertiary/aromatic N) is 2. The van der Waals surface area contributed by atoms with Crippen molar-refractivity contribution >= 4 is 11.0 Å². The van der Waals surface area contributed by atoms with Crippen molar-refractivity contribution in [3.05, 3.63) is 24.0 Å². The van der Waals surface area contributed by atoms with E-state index in [0.29, 0.717) is 6.54 Å². The first kappa shape index (κ1) is 11.9. The molecule has 1 aromatic carbocycles. The average molecular weight is 233 g/mol. The van der Waals surface area contributed by atoms with E-state index in [1.54, 1.807) is 0 Å². The highest BCUT2D eigenvalue weighted by Crippen LogP contribution is 2.21. The zero-order valence-corrected chi connectivity index (χ0v) is 10.4. The summed E-state index contributed by atoms with van der Waals surface area (Å²) in [5.74, 6) is 1.91. The van der Waals surface area contributed by atoms with Crippen LogP contribution in [0.1, 0.15) is 19.2 Å². The zero-order valence-electron chi connectivity index (χ0n) is 10.4. The van der Waals surface area contributed by atoms with E-state index in [9.17, 15) is 0 Å². The van der Waals surface area contributed by atoms with Crippen LogP contribution in [-0.4, -0.2) is 22.7 Å². The average Bonchev–Trinajstić information content (AvgIpc) is 2.64. The molecule has 2 aromatic rings. The highest BCUT2D eigenvalue weighted by atomic mass is 16.5. The van der Waals surface area contributed by atoms with Crippen LogP contribution in [0.25, 0.3) is 11.0 Å². The van der Waals surface area contributed by atoms with Crippen molar-refractivity contribution in [2.75, 3.05) is 13.2 Å². The van der Waals surface area contributed by atoms with Crippen LogP contribution in [0, 0.1) is 0 Å². The van der Waals surface area contributed by atoms with Gasteiger partial charge in [0.05, 0.1) is 17.6 Å². The third kappa shape index (κ3) is 2.42. The summed E-state index contributed by atoms with van der Waals surface area (Å²) in [6.45, 7) is 3.46. The summed E-state index contributed by atoms with van der Waals surface area (Å²) >= 11 is 0. The van der Waals surface area contributed by atoms with Crippen molar-refractivity contribution in [3.8, 4) is 5.75 Å². The number of fused-ring (bicyclic) bond motifs is 1. The van der Waals surface area contributed by atoms with Gasteiger partial charge in [0.1, 0.15) is 11.6 Å². The molecular weight excluding hydrogens is 214 g/mol. The van der Waals surface area contributed by atoms with Crippen molar-refractivity contribution in [1.82, 2.24) is 9.55 Å². The van der Waals surface area contributed by atoms with Gasteiger partial charge < -0.3 is 15.0 Å². The lowest BCUT2D eigenvalue weighted by atomic mass is 10.3. The van der Waals surface area contributed by atoms with Crippen LogP contribution in [0.3, 0.4) is 0 Å². The molecule has 0 bridgehead atoms. The first-order valence-electron chi connectivity index (χ1n) is 6.04. The fourth-order valence-corrected chi connectivity index (χ4v) is 1.89. The molecule has 0 aliphatic heterocycles. The number of ether oxygens (including phenoxy) is 1. The van der Waals surface area contributed by atoms with Crippen molar-refractivity contribution in [3.63, 3.8) is 0 Å². The largest absolute Gasteiger partial charge is 0.494 e. The SMILES string of the molecule is CCCOc1ccc2c(c1)nc(CCN)n2C. The highest BCUT2D eigenvalue weighted by Gasteiger charge is 2.07. The predicted octanol–water partition coefficient (Wildman–Crippen LogP) is 1.86. The van der Waals surface area contributed by atoms with Gasteiger partial charge in [0.25, 0.3) is 0 Å². The number of benzene rings is 1. The standard InChI is InChI=1S/C13H19N3O/c1-3-8-17-10-4-5-12-11(9-10)15-13(6-7-14)16(12)2/h4-5,9H,3,6-8,14H2,1-2H3. The molecule has 0 amide bonds. The minimum Gasteiger partial charge on any atom is -0.494 e. The Bertz CT molecular complexity index is 505. The molecule has 0 atom stereocenters. The Morgan fingerprint density at radius 2 is 2.24 bits per heavy atom. The van der Waals surface area contributed by atoms with Crippen molar-refractivity contribution in [1.29, 1.82) is 0 Å². The summed E-state index contributed by atoms with van der Waals surface area (Å²) in [6.07, 6.45) is 1.81. The molecule has 4 heteroatoms. The van der Waals surface area contributed by atoms with Crippen LogP contribution in [0.4, 0.5) is 0 Å². The van der Waals surface area contributed by atoms with Crippen LogP contribution in [0.15, 0.2) is 18.2 Å². The van der Waals surface area contributed by atoms with Gasteiger partial charge in [-0.05, 0) is 25.1 Å². The van der Waals surface area contributed by atoms with Crippen LogP contribution in [-0.2, 0) is 13.5 Å². The zero-order chi connectivity index (χ0) is 12.3. The first-order chi connectivity index (χ1) is 8.26. The molecule has 1 heterocycles. The Labute approximate surface area is 101 Å². The van der Waals surface area contributed by atoms with Crippen LogP contribution < -0.4 is 10.5 Å². The molecular formula is C13H19N3O. The lowest BCUT2D eigenvalue weighted by molar-refractivity contribution is 0.318. The Hall–Kier alpha value is -1.55. The summed E-state index contributed by atoms with van der Waals surface area (Å²) in [4.78, 5) is 4.57. The van der Waals surface area contributed by atoms with Gasteiger partial charge >= 0.3 is 0 Å². The highest BCUT2D eigenvalue weighted by molar-refractivity contribution is 5.77. The van der Waals surface area contributed by atoms with Gasteiger partial charge in [-0.1, -0.05) is 6.92 Å². The molecule has 0 saturated carbocycles. The van der Waals surface area contributed by atoms with Gasteiger partial charge in [-0.25, -0.2) is 4.98 Å². The molecule has 0 fully saturated rings. The van der Waals surface area contributed by atoms with E-state index in [-0.39, 0.29) is 0 Å². The minimum atomic E-state index is 0.621. The number of aryl methyl sites for hydroxylation is 1. The van der Waals surface area contributed by atoms with Crippen LogP contribution >= 0.6 is 0 Å². The minimum absolute atomic E-state index is 0.621. The van der Waals surface area contributed by atoms with E-state index in [4.69, 9.17) is 10.5 Å². The number of hydrogen-bond acceptors (Lipinski definition) is 3. The molecule has 0 aliphatic rings. The van der Waals surface area contributed by atoms with E-state index >= 15 is 0 Å². The van der Waals surface area contributed by atoms with E-state index < -0.39 is 0 Å². The van der Waals surface area contributed by atoms with Crippen molar-refractivity contribution < 1.29 is 4.74 Å². The molecule has 2 N–H and O–H groups in total. The number of nitrogens with two attached hydrogens (primary N) is 1. The fourth-order valence-electron chi connectivity index (χ4n) is 1.89. The molecule has 0 unspecified atom stereocenters. The van der Waals surface area contributed by atoms with Gasteiger partial charge in [-0.3, -0.25) is 0 Å². The van der Waals surface area contributed by atoms with Crippen LogP contribution in [0.2, 0.25) is 0 Å². The molecule has 0 saturated heterocycles. The molecule has 0 spiro atoms. The Balaban J connectivity index is 2.34. The van der Waals surface area contributed by atoms with E-state index in [1.807, 2.05) is 25.2 Å². The second-order valence-corrected chi connectivity index (χ2v) is 4.12. The van der Waals surface area contributed by atoms with E-state index in [0.717, 1.165) is 42.1 Å². The summed E-state index contributed by atoms with van der Waals surface area (Å²) < 4.78 is 7.69. The lowest BCUT2D eigenvalue weighted by Crippen LogP contribution is -2.07. The van der Waals surface area contributed by atoms with Gasteiger partial charge in [-0.2, -0.15) is 0 Å². The Morgan fingerprint density at radius 1 is 1.41 bits per heavy atom. The van der Waals surface area contributed by atoms with Gasteiger partial charge in [0, 0.05) is 19.5 Å². The normalized spacial score (nSPS) is 11.0. The molecule has 0 aliphatic carbocycles. The van der Waals surface area contributed by atoms with Gasteiger partial charge in [0.15, 0.2) is 0 Å². The Kier molecular flexibility index (Phi) is 3.64. The first-order valence-corrected chi connectivity index (χ1v) is 6.04. The topological polar surface area (TPSA) is 53.1 Å². The fraction of sp³-hybridized carbons (Fsp3) is 0.462. The summed E-state index contributed by atoms with van der Waals surface area (Å²) in [5.41, 5.74) is 7.67. The maximum Gasteiger partial charge on any atom is 0.121 e. The third-order valence-corrected chi connectivity index (χ3v) is 2.79. The Morgan fingerprint density at radius 3 is 2.94 bits per heavy atom. The molecule has 2 rings (SSSR count). The maximum absolute atomic E-state index is 5.60. The number of hydrogen-bond donors (Lipinski definition) is 1.